The fourth-order valence-electron chi connectivity index (χ4n) is 1.77. The van der Waals surface area contributed by atoms with Gasteiger partial charge in [-0.1, -0.05) is 16.8 Å². The Morgan fingerprint density at radius 1 is 1.43 bits per heavy atom. The van der Waals surface area contributed by atoms with Gasteiger partial charge in [0.15, 0.2) is 0 Å². The summed E-state index contributed by atoms with van der Waals surface area (Å²) in [7, 11) is 0. The highest BCUT2D eigenvalue weighted by atomic mass is 35.5. The zero-order valence-corrected chi connectivity index (χ0v) is 11.4. The van der Waals surface area contributed by atoms with Crippen molar-refractivity contribution in [2.75, 3.05) is 0 Å². The largest absolute Gasteiger partial charge is 0.481 e. The van der Waals surface area contributed by atoms with Gasteiger partial charge < -0.3 is 5.11 Å². The molecule has 21 heavy (non-hydrogen) atoms. The van der Waals surface area contributed by atoms with E-state index >= 15 is 0 Å². The molecule has 9 heteroatoms. The molecule has 0 aliphatic rings. The lowest BCUT2D eigenvalue weighted by atomic mass is 10.2. The molecule has 112 valence electrons. The van der Waals surface area contributed by atoms with Crippen molar-refractivity contribution in [1.29, 1.82) is 0 Å². The van der Waals surface area contributed by atoms with E-state index in [2.05, 4.69) is 10.3 Å². The van der Waals surface area contributed by atoms with E-state index in [-0.39, 0.29) is 17.8 Å². The van der Waals surface area contributed by atoms with Crippen LogP contribution in [0.2, 0.25) is 5.02 Å². The Labute approximate surface area is 121 Å². The molecule has 2 aromatic rings. The molecule has 0 bridgehead atoms. The number of carboxylic acids is 1. The number of aromatic nitrogens is 3. The maximum Gasteiger partial charge on any atom is 0.417 e. The summed E-state index contributed by atoms with van der Waals surface area (Å²) < 4.78 is 39.6. The molecule has 1 aromatic carbocycles. The Morgan fingerprint density at radius 2 is 2.10 bits per heavy atom. The summed E-state index contributed by atoms with van der Waals surface area (Å²) >= 11 is 5.54. The molecule has 0 fully saturated rings. The van der Waals surface area contributed by atoms with Gasteiger partial charge in [0, 0.05) is 0 Å². The van der Waals surface area contributed by atoms with Gasteiger partial charge >= 0.3 is 12.1 Å². The van der Waals surface area contributed by atoms with Gasteiger partial charge in [-0.2, -0.15) is 13.2 Å². The number of carboxylic acid groups (broad SMARTS) is 1. The van der Waals surface area contributed by atoms with E-state index in [1.807, 2.05) is 0 Å². The molecule has 1 N–H and O–H groups in total. The molecular weight excluding hydrogens is 311 g/mol. The summed E-state index contributed by atoms with van der Waals surface area (Å²) in [4.78, 5) is 10.7. The van der Waals surface area contributed by atoms with Crippen molar-refractivity contribution in [3.63, 3.8) is 0 Å². The van der Waals surface area contributed by atoms with E-state index in [0.29, 0.717) is 5.69 Å². The van der Waals surface area contributed by atoms with Crippen LogP contribution in [0.3, 0.4) is 0 Å². The minimum atomic E-state index is -4.59. The van der Waals surface area contributed by atoms with Crippen molar-refractivity contribution in [1.82, 2.24) is 15.0 Å². The first-order chi connectivity index (χ1) is 9.70. The summed E-state index contributed by atoms with van der Waals surface area (Å²) in [5.74, 6) is -1.10. The first kappa shape index (κ1) is 15.3. The Morgan fingerprint density at radius 3 is 2.67 bits per heavy atom. The Balaban J connectivity index is 2.48. The summed E-state index contributed by atoms with van der Waals surface area (Å²) in [6.07, 6.45) is -4.95. The van der Waals surface area contributed by atoms with Crippen LogP contribution in [-0.4, -0.2) is 26.1 Å². The molecule has 5 nitrogen and oxygen atoms in total. The van der Waals surface area contributed by atoms with E-state index in [1.165, 1.54) is 13.0 Å². The fourth-order valence-corrected chi connectivity index (χ4v) is 2.00. The maximum absolute atomic E-state index is 12.8. The lowest BCUT2D eigenvalue weighted by Gasteiger charge is -2.11. The molecular formula is C12H9ClF3N3O2. The SMILES string of the molecule is Cc1c(CC(=O)O)nnn1-c1ccc(Cl)c(C(F)(F)F)c1. The number of hydrogen-bond acceptors (Lipinski definition) is 3. The number of rotatable bonds is 3. The third kappa shape index (κ3) is 3.15. The molecule has 0 aliphatic heterocycles. The number of nitrogens with zero attached hydrogens (tertiary/aromatic N) is 3. The third-order valence-corrected chi connectivity index (χ3v) is 3.14. The zero-order chi connectivity index (χ0) is 15.8. The van der Waals surface area contributed by atoms with Crippen molar-refractivity contribution in [3.05, 3.63) is 40.2 Å². The Kier molecular flexibility index (Phi) is 3.91. The van der Waals surface area contributed by atoms with Gasteiger partial charge in [-0.05, 0) is 25.1 Å². The van der Waals surface area contributed by atoms with Crippen LogP contribution in [-0.2, 0) is 17.4 Å². The highest BCUT2D eigenvalue weighted by Gasteiger charge is 2.33. The number of hydrogen-bond donors (Lipinski definition) is 1. The third-order valence-electron chi connectivity index (χ3n) is 2.81. The van der Waals surface area contributed by atoms with E-state index in [9.17, 15) is 18.0 Å². The number of alkyl halides is 3. The molecule has 2 rings (SSSR count). The van der Waals surface area contributed by atoms with Gasteiger partial charge in [-0.15, -0.1) is 5.10 Å². The number of benzene rings is 1. The quantitative estimate of drug-likeness (QED) is 0.944. The van der Waals surface area contributed by atoms with Crippen molar-refractivity contribution in [3.8, 4) is 5.69 Å². The molecule has 0 saturated heterocycles. The predicted octanol–water partition coefficient (Wildman–Crippen LogP) is 2.88. The van der Waals surface area contributed by atoms with E-state index in [0.717, 1.165) is 16.8 Å². The second kappa shape index (κ2) is 5.36. The average Bonchev–Trinajstić information content (AvgIpc) is 2.70. The standard InChI is InChI=1S/C12H9ClF3N3O2/c1-6-10(5-11(20)21)17-18-19(6)7-2-3-9(13)8(4-7)12(14,15)16/h2-4H,5H2,1H3,(H,20,21). The fraction of sp³-hybridized carbons (Fsp3) is 0.250. The Hall–Kier alpha value is -2.09. The molecule has 0 amide bonds. The molecule has 0 aliphatic carbocycles. The van der Waals surface area contributed by atoms with Crippen LogP contribution in [0.1, 0.15) is 17.0 Å². The topological polar surface area (TPSA) is 68.0 Å². The van der Waals surface area contributed by atoms with Crippen LogP contribution in [0.15, 0.2) is 18.2 Å². The molecule has 0 unspecified atom stereocenters. The van der Waals surface area contributed by atoms with Gasteiger partial charge in [-0.25, -0.2) is 4.68 Å². The van der Waals surface area contributed by atoms with Crippen LogP contribution in [0.4, 0.5) is 13.2 Å². The number of carbonyl (C=O) groups is 1. The monoisotopic (exact) mass is 319 g/mol. The highest BCUT2D eigenvalue weighted by Crippen LogP contribution is 2.35. The second-order valence-corrected chi connectivity index (χ2v) is 4.67. The molecule has 0 saturated carbocycles. The van der Waals surface area contributed by atoms with Gasteiger partial charge in [0.25, 0.3) is 0 Å². The molecule has 0 atom stereocenters. The number of aliphatic carboxylic acids is 1. The second-order valence-electron chi connectivity index (χ2n) is 4.27. The summed E-state index contributed by atoms with van der Waals surface area (Å²) in [6, 6.07) is 3.30. The van der Waals surface area contributed by atoms with Crippen molar-refractivity contribution in [2.45, 2.75) is 19.5 Å². The van der Waals surface area contributed by atoms with E-state index < -0.39 is 22.7 Å². The summed E-state index contributed by atoms with van der Waals surface area (Å²) in [5, 5.41) is 15.6. The van der Waals surface area contributed by atoms with Crippen LogP contribution in [0.25, 0.3) is 5.69 Å². The summed E-state index contributed by atoms with van der Waals surface area (Å²) in [6.45, 7) is 1.53. The molecule has 0 radical (unpaired) electrons. The minimum absolute atomic E-state index is 0.105. The number of halogens is 4. The molecule has 0 spiro atoms. The lowest BCUT2D eigenvalue weighted by molar-refractivity contribution is -0.138. The maximum atomic E-state index is 12.8. The smallest absolute Gasteiger partial charge is 0.417 e. The van der Waals surface area contributed by atoms with Gasteiger partial charge in [0.1, 0.15) is 0 Å². The van der Waals surface area contributed by atoms with Gasteiger partial charge in [0.2, 0.25) is 0 Å². The van der Waals surface area contributed by atoms with Crippen molar-refractivity contribution < 1.29 is 23.1 Å². The first-order valence-corrected chi connectivity index (χ1v) is 6.08. The predicted molar refractivity (Wildman–Crippen MR) is 67.4 cm³/mol. The first-order valence-electron chi connectivity index (χ1n) is 5.70. The molecule has 1 heterocycles. The van der Waals surface area contributed by atoms with Crippen LogP contribution in [0.5, 0.6) is 0 Å². The van der Waals surface area contributed by atoms with Crippen LogP contribution in [0, 0.1) is 6.92 Å². The van der Waals surface area contributed by atoms with Crippen molar-refractivity contribution in [2.24, 2.45) is 0 Å². The highest BCUT2D eigenvalue weighted by molar-refractivity contribution is 6.31. The normalized spacial score (nSPS) is 11.7. The molecule has 1 aromatic heterocycles. The van der Waals surface area contributed by atoms with E-state index in [4.69, 9.17) is 16.7 Å². The van der Waals surface area contributed by atoms with E-state index in [1.54, 1.807) is 0 Å². The van der Waals surface area contributed by atoms with Crippen LogP contribution >= 0.6 is 11.6 Å². The zero-order valence-electron chi connectivity index (χ0n) is 10.6. The van der Waals surface area contributed by atoms with Crippen LogP contribution < -0.4 is 0 Å². The van der Waals surface area contributed by atoms with Gasteiger partial charge in [0.05, 0.1) is 34.1 Å². The minimum Gasteiger partial charge on any atom is -0.481 e. The lowest BCUT2D eigenvalue weighted by Crippen LogP contribution is -2.08. The summed E-state index contributed by atoms with van der Waals surface area (Å²) in [5.41, 5.74) is -0.344. The van der Waals surface area contributed by atoms with Gasteiger partial charge in [-0.3, -0.25) is 4.79 Å². The van der Waals surface area contributed by atoms with Crippen molar-refractivity contribution >= 4 is 17.6 Å². The Bertz CT molecular complexity index is 698. The average molecular weight is 320 g/mol.